The van der Waals surface area contributed by atoms with Crippen molar-refractivity contribution in [3.8, 4) is 0 Å². The Morgan fingerprint density at radius 1 is 1.47 bits per heavy atom. The monoisotopic (exact) mass is 208 g/mol. The van der Waals surface area contributed by atoms with Crippen LogP contribution in [-0.2, 0) is 12.1 Å². The van der Waals surface area contributed by atoms with E-state index in [1.807, 2.05) is 0 Å². The van der Waals surface area contributed by atoms with Crippen molar-refractivity contribution in [2.45, 2.75) is 51.6 Å². The number of alkyl halides is 1. The maximum absolute atomic E-state index is 14.1. The third-order valence-corrected chi connectivity index (χ3v) is 3.02. The van der Waals surface area contributed by atoms with Gasteiger partial charge in [-0.15, -0.1) is 0 Å². The Labute approximate surface area is 89.9 Å². The SMILES string of the molecule is CC(C)c1ncc2c(n1)CCCC2(C)F. The van der Waals surface area contributed by atoms with Gasteiger partial charge in [-0.1, -0.05) is 13.8 Å². The lowest BCUT2D eigenvalue weighted by Gasteiger charge is -2.27. The Bertz CT molecular complexity index is 372. The van der Waals surface area contributed by atoms with Gasteiger partial charge in [0.05, 0.1) is 5.69 Å². The zero-order valence-corrected chi connectivity index (χ0v) is 9.55. The molecule has 0 aliphatic heterocycles. The first-order chi connectivity index (χ1) is 7.00. The second-order valence-corrected chi connectivity index (χ2v) is 4.79. The lowest BCUT2D eigenvalue weighted by Crippen LogP contribution is -2.24. The summed E-state index contributed by atoms with van der Waals surface area (Å²) in [6.07, 6.45) is 4.03. The van der Waals surface area contributed by atoms with Crippen LogP contribution < -0.4 is 0 Å². The number of hydrogen-bond donors (Lipinski definition) is 0. The van der Waals surface area contributed by atoms with Crippen molar-refractivity contribution in [3.63, 3.8) is 0 Å². The third kappa shape index (κ3) is 1.87. The van der Waals surface area contributed by atoms with Gasteiger partial charge in [-0.25, -0.2) is 14.4 Å². The van der Waals surface area contributed by atoms with Crippen molar-refractivity contribution >= 4 is 0 Å². The fourth-order valence-corrected chi connectivity index (χ4v) is 2.06. The number of rotatable bonds is 1. The first kappa shape index (κ1) is 10.5. The molecule has 0 saturated carbocycles. The summed E-state index contributed by atoms with van der Waals surface area (Å²) in [4.78, 5) is 8.69. The molecule has 1 aliphatic carbocycles. The second kappa shape index (κ2) is 3.54. The number of aryl methyl sites for hydroxylation is 1. The van der Waals surface area contributed by atoms with Crippen LogP contribution >= 0.6 is 0 Å². The van der Waals surface area contributed by atoms with Gasteiger partial charge < -0.3 is 0 Å². The number of fused-ring (bicyclic) bond motifs is 1. The van der Waals surface area contributed by atoms with E-state index in [0.29, 0.717) is 17.9 Å². The summed E-state index contributed by atoms with van der Waals surface area (Å²) in [5.74, 6) is 1.13. The molecule has 0 bridgehead atoms. The van der Waals surface area contributed by atoms with Crippen LogP contribution in [0.25, 0.3) is 0 Å². The molecule has 1 atom stereocenters. The molecule has 2 nitrogen and oxygen atoms in total. The molecule has 1 aromatic heterocycles. The number of hydrogen-bond acceptors (Lipinski definition) is 2. The molecule has 1 aromatic rings. The molecule has 1 heterocycles. The normalized spacial score (nSPS) is 25.4. The van der Waals surface area contributed by atoms with E-state index in [2.05, 4.69) is 23.8 Å². The van der Waals surface area contributed by atoms with Crippen molar-refractivity contribution < 1.29 is 4.39 Å². The van der Waals surface area contributed by atoms with E-state index in [9.17, 15) is 4.39 Å². The molecule has 1 unspecified atom stereocenters. The molecule has 15 heavy (non-hydrogen) atoms. The lowest BCUT2D eigenvalue weighted by atomic mass is 9.85. The van der Waals surface area contributed by atoms with Gasteiger partial charge in [0.2, 0.25) is 0 Å². The predicted octanol–water partition coefficient (Wildman–Crippen LogP) is 3.12. The highest BCUT2D eigenvalue weighted by Crippen LogP contribution is 2.37. The zero-order chi connectivity index (χ0) is 11.1. The number of halogens is 1. The molecule has 0 amide bonds. The van der Waals surface area contributed by atoms with E-state index in [1.54, 1.807) is 13.1 Å². The highest BCUT2D eigenvalue weighted by atomic mass is 19.1. The van der Waals surface area contributed by atoms with Gasteiger partial charge in [0.1, 0.15) is 11.5 Å². The fraction of sp³-hybridized carbons (Fsp3) is 0.667. The van der Waals surface area contributed by atoms with Gasteiger partial charge in [-0.2, -0.15) is 0 Å². The van der Waals surface area contributed by atoms with Crippen LogP contribution in [0.3, 0.4) is 0 Å². The minimum atomic E-state index is -1.23. The highest BCUT2D eigenvalue weighted by molar-refractivity contribution is 5.27. The van der Waals surface area contributed by atoms with E-state index in [1.165, 1.54) is 0 Å². The molecule has 0 saturated heterocycles. The van der Waals surface area contributed by atoms with Crippen molar-refractivity contribution in [2.24, 2.45) is 0 Å². The smallest absolute Gasteiger partial charge is 0.136 e. The lowest BCUT2D eigenvalue weighted by molar-refractivity contribution is 0.159. The van der Waals surface area contributed by atoms with E-state index >= 15 is 0 Å². The van der Waals surface area contributed by atoms with Crippen LogP contribution in [0.5, 0.6) is 0 Å². The molecule has 0 radical (unpaired) electrons. The minimum Gasteiger partial charge on any atom is -0.241 e. The van der Waals surface area contributed by atoms with Gasteiger partial charge >= 0.3 is 0 Å². The van der Waals surface area contributed by atoms with E-state index < -0.39 is 5.67 Å². The van der Waals surface area contributed by atoms with Gasteiger partial charge in [0.25, 0.3) is 0 Å². The summed E-state index contributed by atoms with van der Waals surface area (Å²) in [7, 11) is 0. The summed E-state index contributed by atoms with van der Waals surface area (Å²) in [5, 5.41) is 0. The van der Waals surface area contributed by atoms with Crippen LogP contribution in [-0.4, -0.2) is 9.97 Å². The van der Waals surface area contributed by atoms with Crippen LogP contribution in [0.2, 0.25) is 0 Å². The molecule has 0 spiro atoms. The predicted molar refractivity (Wildman–Crippen MR) is 57.5 cm³/mol. The van der Waals surface area contributed by atoms with Gasteiger partial charge in [-0.05, 0) is 26.2 Å². The van der Waals surface area contributed by atoms with Crippen LogP contribution in [0.15, 0.2) is 6.20 Å². The van der Waals surface area contributed by atoms with Gasteiger partial charge in [-0.3, -0.25) is 0 Å². The maximum Gasteiger partial charge on any atom is 0.136 e. The Kier molecular flexibility index (Phi) is 2.49. The van der Waals surface area contributed by atoms with Crippen molar-refractivity contribution in [1.82, 2.24) is 9.97 Å². The molecular weight excluding hydrogens is 191 g/mol. The summed E-state index contributed by atoms with van der Waals surface area (Å²) in [5.41, 5.74) is 0.367. The quantitative estimate of drug-likeness (QED) is 0.708. The van der Waals surface area contributed by atoms with E-state index in [4.69, 9.17) is 0 Å². The number of nitrogens with zero attached hydrogens (tertiary/aromatic N) is 2. The van der Waals surface area contributed by atoms with Gasteiger partial charge in [0, 0.05) is 17.7 Å². The van der Waals surface area contributed by atoms with E-state index in [0.717, 1.165) is 24.4 Å². The summed E-state index contributed by atoms with van der Waals surface area (Å²) < 4.78 is 14.1. The average molecular weight is 208 g/mol. The molecule has 3 heteroatoms. The van der Waals surface area contributed by atoms with E-state index in [-0.39, 0.29) is 0 Å². The first-order valence-electron chi connectivity index (χ1n) is 5.56. The van der Waals surface area contributed by atoms with Crippen LogP contribution in [0.1, 0.15) is 56.6 Å². The molecule has 1 aliphatic rings. The topological polar surface area (TPSA) is 25.8 Å². The number of aromatic nitrogens is 2. The van der Waals surface area contributed by atoms with Crippen molar-refractivity contribution in [2.75, 3.05) is 0 Å². The second-order valence-electron chi connectivity index (χ2n) is 4.79. The largest absolute Gasteiger partial charge is 0.241 e. The summed E-state index contributed by atoms with van der Waals surface area (Å²) in [6.45, 7) is 5.74. The standard InChI is InChI=1S/C12H17FN2/c1-8(2)11-14-7-9-10(15-11)5-4-6-12(9,3)13/h7-8H,4-6H2,1-3H3. The zero-order valence-electron chi connectivity index (χ0n) is 9.55. The molecule has 82 valence electrons. The molecule has 0 aromatic carbocycles. The fourth-order valence-electron chi connectivity index (χ4n) is 2.06. The summed E-state index contributed by atoms with van der Waals surface area (Å²) >= 11 is 0. The molecule has 2 rings (SSSR count). The van der Waals surface area contributed by atoms with Gasteiger partial charge in [0.15, 0.2) is 0 Å². The molecule has 0 fully saturated rings. The Hall–Kier alpha value is -0.990. The first-order valence-corrected chi connectivity index (χ1v) is 5.56. The molecular formula is C12H17FN2. The minimum absolute atomic E-state index is 0.308. The van der Waals surface area contributed by atoms with Crippen molar-refractivity contribution in [1.29, 1.82) is 0 Å². The van der Waals surface area contributed by atoms with Crippen molar-refractivity contribution in [3.05, 3.63) is 23.3 Å². The Morgan fingerprint density at radius 3 is 2.87 bits per heavy atom. The molecule has 0 N–H and O–H groups in total. The Morgan fingerprint density at radius 2 is 2.20 bits per heavy atom. The average Bonchev–Trinajstić information content (AvgIpc) is 2.16. The van der Waals surface area contributed by atoms with Crippen LogP contribution in [0.4, 0.5) is 4.39 Å². The Balaban J connectivity index is 2.45. The summed E-state index contributed by atoms with van der Waals surface area (Å²) in [6, 6.07) is 0. The maximum atomic E-state index is 14.1. The van der Waals surface area contributed by atoms with Crippen LogP contribution in [0, 0.1) is 0 Å². The third-order valence-electron chi connectivity index (χ3n) is 3.02. The highest BCUT2D eigenvalue weighted by Gasteiger charge is 2.33.